The number of aliphatic carboxylic acids is 1. The third-order valence-corrected chi connectivity index (χ3v) is 4.06. The van der Waals surface area contributed by atoms with Crippen LogP contribution in [0, 0.1) is 0 Å². The summed E-state index contributed by atoms with van der Waals surface area (Å²) in [6.07, 6.45) is 1.87. The summed E-state index contributed by atoms with van der Waals surface area (Å²) in [5.74, 6) is -0.671. The smallest absolute Gasteiger partial charge is 0.303 e. The maximum absolute atomic E-state index is 12.4. The van der Waals surface area contributed by atoms with Crippen LogP contribution < -0.4 is 0 Å². The van der Waals surface area contributed by atoms with Crippen molar-refractivity contribution >= 4 is 11.8 Å². The molecule has 3 rings (SSSR count). The lowest BCUT2D eigenvalue weighted by atomic mass is 9.95. The summed E-state index contributed by atoms with van der Waals surface area (Å²) in [6, 6.07) is 14.9. The van der Waals surface area contributed by atoms with Crippen LogP contribution in [0.4, 0.5) is 0 Å². The number of carboxylic acid groups (broad SMARTS) is 1. The molecule has 2 aromatic rings. The number of carbonyl (C=O) groups excluding carboxylic acids is 1. The highest BCUT2D eigenvalue weighted by atomic mass is 16.4. The van der Waals surface area contributed by atoms with Gasteiger partial charge in [0.25, 0.3) is 0 Å². The minimum Gasteiger partial charge on any atom is -0.481 e. The molecule has 1 unspecified atom stereocenters. The SMILES string of the molecule is O=C(O)CC1CCc2cc(C(=O)c3ccccc3)ccc21. The third-order valence-electron chi connectivity index (χ3n) is 4.06. The molecule has 0 saturated heterocycles. The second kappa shape index (κ2) is 5.52. The van der Waals surface area contributed by atoms with Crippen LogP contribution in [0.5, 0.6) is 0 Å². The summed E-state index contributed by atoms with van der Waals surface area (Å²) in [5, 5.41) is 8.94. The van der Waals surface area contributed by atoms with E-state index in [2.05, 4.69) is 0 Å². The van der Waals surface area contributed by atoms with E-state index in [1.165, 1.54) is 0 Å². The monoisotopic (exact) mass is 280 g/mol. The molecule has 2 aromatic carbocycles. The van der Waals surface area contributed by atoms with Crippen molar-refractivity contribution in [3.63, 3.8) is 0 Å². The van der Waals surface area contributed by atoms with Crippen LogP contribution in [-0.4, -0.2) is 16.9 Å². The number of hydrogen-bond acceptors (Lipinski definition) is 2. The molecule has 1 aliphatic rings. The number of ketones is 1. The molecule has 0 aliphatic heterocycles. The van der Waals surface area contributed by atoms with Crippen LogP contribution in [0.3, 0.4) is 0 Å². The first-order chi connectivity index (χ1) is 10.1. The zero-order chi connectivity index (χ0) is 14.8. The average molecular weight is 280 g/mol. The van der Waals surface area contributed by atoms with Gasteiger partial charge in [-0.15, -0.1) is 0 Å². The summed E-state index contributed by atoms with van der Waals surface area (Å²) < 4.78 is 0. The second-order valence-electron chi connectivity index (χ2n) is 5.44. The quantitative estimate of drug-likeness (QED) is 0.873. The molecule has 0 radical (unpaired) electrons. The van der Waals surface area contributed by atoms with Gasteiger partial charge in [-0.2, -0.15) is 0 Å². The van der Waals surface area contributed by atoms with Crippen LogP contribution in [0.25, 0.3) is 0 Å². The Labute approximate surface area is 123 Å². The van der Waals surface area contributed by atoms with Crippen LogP contribution in [0.1, 0.15) is 45.8 Å². The van der Waals surface area contributed by atoms with Crippen LogP contribution in [-0.2, 0) is 11.2 Å². The third kappa shape index (κ3) is 2.72. The van der Waals surface area contributed by atoms with Gasteiger partial charge in [0.2, 0.25) is 0 Å². The number of carboxylic acids is 1. The summed E-state index contributed by atoms with van der Waals surface area (Å²) in [6.45, 7) is 0. The fourth-order valence-electron chi connectivity index (χ4n) is 3.03. The molecule has 1 aliphatic carbocycles. The molecular weight excluding hydrogens is 264 g/mol. The summed E-state index contributed by atoms with van der Waals surface area (Å²) >= 11 is 0. The Bertz CT molecular complexity index is 689. The van der Waals surface area contributed by atoms with Gasteiger partial charge in [0.1, 0.15) is 0 Å². The Morgan fingerprint density at radius 3 is 2.52 bits per heavy atom. The van der Waals surface area contributed by atoms with E-state index < -0.39 is 5.97 Å². The molecule has 0 saturated carbocycles. The highest BCUT2D eigenvalue weighted by molar-refractivity contribution is 6.09. The maximum Gasteiger partial charge on any atom is 0.303 e. The van der Waals surface area contributed by atoms with Crippen molar-refractivity contribution in [1.82, 2.24) is 0 Å². The Hall–Kier alpha value is -2.42. The van der Waals surface area contributed by atoms with Crippen molar-refractivity contribution in [3.8, 4) is 0 Å². The van der Waals surface area contributed by atoms with Gasteiger partial charge in [-0.25, -0.2) is 0 Å². The zero-order valence-electron chi connectivity index (χ0n) is 11.6. The normalized spacial score (nSPS) is 16.5. The lowest BCUT2D eigenvalue weighted by Crippen LogP contribution is -2.04. The van der Waals surface area contributed by atoms with Crippen LogP contribution in [0.15, 0.2) is 48.5 Å². The zero-order valence-corrected chi connectivity index (χ0v) is 11.6. The molecule has 0 amide bonds. The van der Waals surface area contributed by atoms with Crippen molar-refractivity contribution in [2.24, 2.45) is 0 Å². The van der Waals surface area contributed by atoms with Crippen LogP contribution in [0.2, 0.25) is 0 Å². The van der Waals surface area contributed by atoms with Gasteiger partial charge in [-0.1, -0.05) is 42.5 Å². The van der Waals surface area contributed by atoms with E-state index in [9.17, 15) is 9.59 Å². The first-order valence-electron chi connectivity index (χ1n) is 7.09. The molecular formula is C18H16O3. The average Bonchev–Trinajstić information content (AvgIpc) is 2.89. The molecule has 0 spiro atoms. The van der Waals surface area contributed by atoms with E-state index in [4.69, 9.17) is 5.11 Å². The topological polar surface area (TPSA) is 54.4 Å². The number of rotatable bonds is 4. The highest BCUT2D eigenvalue weighted by Crippen LogP contribution is 2.36. The largest absolute Gasteiger partial charge is 0.481 e. The van der Waals surface area contributed by atoms with Gasteiger partial charge in [0.05, 0.1) is 6.42 Å². The van der Waals surface area contributed by atoms with Gasteiger partial charge in [-0.05, 0) is 36.0 Å². The molecule has 0 heterocycles. The van der Waals surface area contributed by atoms with E-state index in [0.717, 1.165) is 24.0 Å². The Morgan fingerprint density at radius 1 is 1.05 bits per heavy atom. The summed E-state index contributed by atoms with van der Waals surface area (Å²) in [4.78, 5) is 23.3. The van der Waals surface area contributed by atoms with E-state index in [1.54, 1.807) is 0 Å². The van der Waals surface area contributed by atoms with Crippen molar-refractivity contribution < 1.29 is 14.7 Å². The van der Waals surface area contributed by atoms with Crippen molar-refractivity contribution in [3.05, 3.63) is 70.8 Å². The summed E-state index contributed by atoms with van der Waals surface area (Å²) in [7, 11) is 0. The van der Waals surface area contributed by atoms with E-state index in [-0.39, 0.29) is 18.1 Å². The number of carbonyl (C=O) groups is 2. The lowest BCUT2D eigenvalue weighted by molar-refractivity contribution is -0.137. The van der Waals surface area contributed by atoms with Gasteiger partial charge < -0.3 is 5.11 Å². The number of aryl methyl sites for hydroxylation is 1. The van der Waals surface area contributed by atoms with Gasteiger partial charge in [0.15, 0.2) is 5.78 Å². The molecule has 1 atom stereocenters. The standard InChI is InChI=1S/C18H16O3/c19-17(20)11-14-7-6-13-10-15(8-9-16(13)14)18(21)12-4-2-1-3-5-12/h1-5,8-10,14H,6-7,11H2,(H,19,20). The molecule has 1 N–H and O–H groups in total. The first-order valence-corrected chi connectivity index (χ1v) is 7.09. The minimum absolute atomic E-state index is 0.0140. The first kappa shape index (κ1) is 13.6. The van der Waals surface area contributed by atoms with E-state index in [0.29, 0.717) is 11.1 Å². The Morgan fingerprint density at radius 2 is 1.81 bits per heavy atom. The van der Waals surface area contributed by atoms with E-state index in [1.807, 2.05) is 48.5 Å². The van der Waals surface area contributed by atoms with Crippen LogP contribution >= 0.6 is 0 Å². The van der Waals surface area contributed by atoms with Gasteiger partial charge >= 0.3 is 5.97 Å². The van der Waals surface area contributed by atoms with Crippen molar-refractivity contribution in [1.29, 1.82) is 0 Å². The van der Waals surface area contributed by atoms with Crippen molar-refractivity contribution in [2.45, 2.75) is 25.2 Å². The maximum atomic E-state index is 12.4. The minimum atomic E-state index is -0.766. The fraction of sp³-hybridized carbons (Fsp3) is 0.222. The predicted octanol–water partition coefficient (Wildman–Crippen LogP) is 3.42. The molecule has 21 heavy (non-hydrogen) atoms. The number of hydrogen-bond donors (Lipinski definition) is 1. The number of benzene rings is 2. The lowest BCUT2D eigenvalue weighted by Gasteiger charge is -2.09. The number of fused-ring (bicyclic) bond motifs is 1. The molecule has 0 fully saturated rings. The van der Waals surface area contributed by atoms with E-state index >= 15 is 0 Å². The molecule has 3 nitrogen and oxygen atoms in total. The predicted molar refractivity (Wildman–Crippen MR) is 79.6 cm³/mol. The molecule has 3 heteroatoms. The second-order valence-corrected chi connectivity index (χ2v) is 5.44. The van der Waals surface area contributed by atoms with Gasteiger partial charge in [-0.3, -0.25) is 9.59 Å². The molecule has 106 valence electrons. The Balaban J connectivity index is 1.88. The highest BCUT2D eigenvalue weighted by Gasteiger charge is 2.25. The summed E-state index contributed by atoms with van der Waals surface area (Å²) in [5.41, 5.74) is 3.55. The molecule has 0 aromatic heterocycles. The van der Waals surface area contributed by atoms with Gasteiger partial charge in [0, 0.05) is 11.1 Å². The molecule has 0 bridgehead atoms. The Kier molecular flexibility index (Phi) is 3.57. The fourth-order valence-corrected chi connectivity index (χ4v) is 3.03. The van der Waals surface area contributed by atoms with Crippen molar-refractivity contribution in [2.75, 3.05) is 0 Å².